The van der Waals surface area contributed by atoms with Gasteiger partial charge in [-0.05, 0) is 38.3 Å². The molecule has 1 unspecified atom stereocenters. The van der Waals surface area contributed by atoms with E-state index in [0.717, 1.165) is 32.5 Å². The highest BCUT2D eigenvalue weighted by molar-refractivity contribution is 5.64. The fourth-order valence-electron chi connectivity index (χ4n) is 2.53. The zero-order chi connectivity index (χ0) is 15.9. The molecule has 122 valence electrons. The molecule has 1 atom stereocenters. The summed E-state index contributed by atoms with van der Waals surface area (Å²) in [5.41, 5.74) is 0. The lowest BCUT2D eigenvalue weighted by molar-refractivity contribution is 0.189. The van der Waals surface area contributed by atoms with E-state index in [0.29, 0.717) is 12.5 Å². The molecule has 4 heteroatoms. The largest absolute Gasteiger partial charge is 0.465 e. The van der Waals surface area contributed by atoms with Crippen LogP contribution in [0, 0.1) is 18.3 Å². The van der Waals surface area contributed by atoms with Crippen molar-refractivity contribution in [3.05, 3.63) is 0 Å². The van der Waals surface area contributed by atoms with Crippen molar-refractivity contribution in [3.8, 4) is 12.3 Å². The second-order valence-electron chi connectivity index (χ2n) is 5.63. The first kappa shape index (κ1) is 19.8. The molecular formula is C17H32N2O2. The summed E-state index contributed by atoms with van der Waals surface area (Å²) >= 11 is 0. The molecule has 0 aromatic carbocycles. The molecule has 0 radical (unpaired) electrons. The lowest BCUT2D eigenvalue weighted by Crippen LogP contribution is -2.36. The molecule has 0 aliphatic heterocycles. The summed E-state index contributed by atoms with van der Waals surface area (Å²) in [4.78, 5) is 12.9. The van der Waals surface area contributed by atoms with Gasteiger partial charge < -0.3 is 15.3 Å². The van der Waals surface area contributed by atoms with Crippen molar-refractivity contribution in [2.24, 2.45) is 5.92 Å². The first-order chi connectivity index (χ1) is 10.1. The predicted octanol–water partition coefficient (Wildman–Crippen LogP) is 3.58. The van der Waals surface area contributed by atoms with Gasteiger partial charge in [-0.3, -0.25) is 0 Å². The SMILES string of the molecule is C#CCC(CCC)CCN(CCCCC)CCNC(=O)O. The zero-order valence-electron chi connectivity index (χ0n) is 13.7. The molecule has 4 nitrogen and oxygen atoms in total. The fourth-order valence-corrected chi connectivity index (χ4v) is 2.53. The molecule has 0 saturated carbocycles. The monoisotopic (exact) mass is 296 g/mol. The molecule has 1 amide bonds. The average molecular weight is 296 g/mol. The van der Waals surface area contributed by atoms with Crippen LogP contribution in [0.25, 0.3) is 0 Å². The fraction of sp³-hybridized carbons (Fsp3) is 0.824. The van der Waals surface area contributed by atoms with Crippen LogP contribution < -0.4 is 5.32 Å². The molecule has 0 rings (SSSR count). The number of rotatable bonds is 13. The van der Waals surface area contributed by atoms with Crippen molar-refractivity contribution in [2.45, 2.75) is 58.8 Å². The average Bonchev–Trinajstić information content (AvgIpc) is 2.44. The topological polar surface area (TPSA) is 52.6 Å². The number of hydrogen-bond donors (Lipinski definition) is 2. The van der Waals surface area contributed by atoms with Gasteiger partial charge in [0, 0.05) is 19.5 Å². The maximum absolute atomic E-state index is 10.5. The number of nitrogens with one attached hydrogen (secondary N) is 1. The van der Waals surface area contributed by atoms with E-state index in [-0.39, 0.29) is 0 Å². The molecule has 0 fully saturated rings. The number of carbonyl (C=O) groups is 1. The maximum Gasteiger partial charge on any atom is 0.404 e. The van der Waals surface area contributed by atoms with E-state index in [4.69, 9.17) is 11.5 Å². The molecule has 0 aromatic rings. The lowest BCUT2D eigenvalue weighted by atomic mass is 9.96. The summed E-state index contributed by atoms with van der Waals surface area (Å²) < 4.78 is 0. The second kappa shape index (κ2) is 13.8. The smallest absolute Gasteiger partial charge is 0.404 e. The molecule has 2 N–H and O–H groups in total. The molecule has 0 aliphatic rings. The molecule has 0 bridgehead atoms. The Labute approximate surface area is 130 Å². The van der Waals surface area contributed by atoms with Gasteiger partial charge in [0.2, 0.25) is 0 Å². The van der Waals surface area contributed by atoms with Crippen LogP contribution in [0.2, 0.25) is 0 Å². The van der Waals surface area contributed by atoms with Crippen molar-refractivity contribution in [2.75, 3.05) is 26.2 Å². The number of hydrogen-bond acceptors (Lipinski definition) is 2. The standard InChI is InChI=1S/C17H32N2O2/c1-4-7-8-13-19(15-12-18-17(20)21)14-11-16(9-5-2)10-6-3/h2,16,18H,4,6-15H2,1,3H3,(H,20,21). The van der Waals surface area contributed by atoms with E-state index in [1.165, 1.54) is 32.1 Å². The van der Waals surface area contributed by atoms with Gasteiger partial charge in [-0.15, -0.1) is 12.3 Å². The van der Waals surface area contributed by atoms with Gasteiger partial charge in [0.1, 0.15) is 0 Å². The van der Waals surface area contributed by atoms with Crippen LogP contribution >= 0.6 is 0 Å². The lowest BCUT2D eigenvalue weighted by Gasteiger charge is -2.24. The Kier molecular flexibility index (Phi) is 13.0. The highest BCUT2D eigenvalue weighted by atomic mass is 16.4. The summed E-state index contributed by atoms with van der Waals surface area (Å²) in [5.74, 6) is 3.38. The number of nitrogens with zero attached hydrogens (tertiary/aromatic N) is 1. The Hall–Kier alpha value is -1.21. The molecule has 0 aromatic heterocycles. The molecule has 0 aliphatic carbocycles. The Bertz CT molecular complexity index is 300. The minimum atomic E-state index is -0.945. The van der Waals surface area contributed by atoms with Gasteiger partial charge in [-0.2, -0.15) is 0 Å². The first-order valence-electron chi connectivity index (χ1n) is 8.26. The van der Waals surface area contributed by atoms with Crippen molar-refractivity contribution in [3.63, 3.8) is 0 Å². The van der Waals surface area contributed by atoms with E-state index in [2.05, 4.69) is 30.0 Å². The molecule has 0 heterocycles. The first-order valence-corrected chi connectivity index (χ1v) is 8.26. The Morgan fingerprint density at radius 3 is 2.52 bits per heavy atom. The molecular weight excluding hydrogens is 264 g/mol. The second-order valence-corrected chi connectivity index (χ2v) is 5.63. The Morgan fingerprint density at radius 2 is 1.95 bits per heavy atom. The number of amides is 1. The van der Waals surface area contributed by atoms with Gasteiger partial charge in [-0.25, -0.2) is 4.79 Å². The normalized spacial score (nSPS) is 12.1. The highest BCUT2D eigenvalue weighted by Gasteiger charge is 2.11. The van der Waals surface area contributed by atoms with Crippen molar-refractivity contribution >= 4 is 6.09 Å². The van der Waals surface area contributed by atoms with E-state index in [9.17, 15) is 4.79 Å². The minimum absolute atomic E-state index is 0.495. The van der Waals surface area contributed by atoms with E-state index in [1.54, 1.807) is 0 Å². The van der Waals surface area contributed by atoms with Gasteiger partial charge >= 0.3 is 6.09 Å². The maximum atomic E-state index is 10.5. The van der Waals surface area contributed by atoms with Crippen LogP contribution in [0.5, 0.6) is 0 Å². The van der Waals surface area contributed by atoms with Crippen LogP contribution in [-0.2, 0) is 0 Å². The van der Waals surface area contributed by atoms with Crippen LogP contribution in [0.15, 0.2) is 0 Å². The third kappa shape index (κ3) is 12.3. The van der Waals surface area contributed by atoms with Crippen LogP contribution in [0.1, 0.15) is 58.8 Å². The van der Waals surface area contributed by atoms with E-state index < -0.39 is 6.09 Å². The quantitative estimate of drug-likeness (QED) is 0.403. The van der Waals surface area contributed by atoms with Gasteiger partial charge in [0.05, 0.1) is 0 Å². The molecule has 0 spiro atoms. The summed E-state index contributed by atoms with van der Waals surface area (Å²) in [6.45, 7) is 7.72. The minimum Gasteiger partial charge on any atom is -0.465 e. The summed E-state index contributed by atoms with van der Waals surface area (Å²) in [5, 5.41) is 11.1. The third-order valence-corrected chi connectivity index (χ3v) is 3.74. The van der Waals surface area contributed by atoms with Crippen LogP contribution in [0.3, 0.4) is 0 Å². The highest BCUT2D eigenvalue weighted by Crippen LogP contribution is 2.16. The molecule has 0 saturated heterocycles. The Balaban J connectivity index is 4.15. The molecule has 21 heavy (non-hydrogen) atoms. The number of carboxylic acid groups (broad SMARTS) is 1. The predicted molar refractivity (Wildman–Crippen MR) is 88.5 cm³/mol. The van der Waals surface area contributed by atoms with Crippen LogP contribution in [-0.4, -0.2) is 42.3 Å². The number of unbranched alkanes of at least 4 members (excludes halogenated alkanes) is 2. The summed E-state index contributed by atoms with van der Waals surface area (Å²) in [6, 6.07) is 0. The van der Waals surface area contributed by atoms with Gasteiger partial charge in [-0.1, -0.05) is 33.1 Å². The van der Waals surface area contributed by atoms with Crippen LogP contribution in [0.4, 0.5) is 4.79 Å². The van der Waals surface area contributed by atoms with E-state index in [1.807, 2.05) is 0 Å². The van der Waals surface area contributed by atoms with Crippen molar-refractivity contribution < 1.29 is 9.90 Å². The summed E-state index contributed by atoms with van der Waals surface area (Å²) in [7, 11) is 0. The van der Waals surface area contributed by atoms with Crippen molar-refractivity contribution in [1.29, 1.82) is 0 Å². The Morgan fingerprint density at radius 1 is 1.19 bits per heavy atom. The van der Waals surface area contributed by atoms with E-state index >= 15 is 0 Å². The number of terminal acetylenes is 1. The summed E-state index contributed by atoms with van der Waals surface area (Å²) in [6.07, 6.45) is 12.4. The zero-order valence-corrected chi connectivity index (χ0v) is 13.7. The third-order valence-electron chi connectivity index (χ3n) is 3.74. The van der Waals surface area contributed by atoms with Gasteiger partial charge in [0.25, 0.3) is 0 Å². The van der Waals surface area contributed by atoms with Gasteiger partial charge in [0.15, 0.2) is 0 Å². The van der Waals surface area contributed by atoms with Crippen molar-refractivity contribution in [1.82, 2.24) is 10.2 Å².